The Hall–Kier alpha value is -2.00. The second kappa shape index (κ2) is 17.5. The summed E-state index contributed by atoms with van der Waals surface area (Å²) in [4.78, 5) is 32.2. The van der Waals surface area contributed by atoms with E-state index in [2.05, 4.69) is 43.5 Å². The molecule has 0 saturated carbocycles. The van der Waals surface area contributed by atoms with Crippen LogP contribution in [0.5, 0.6) is 0 Å². The molecule has 1 N–H and O–H groups in total. The van der Waals surface area contributed by atoms with E-state index in [0.29, 0.717) is 48.3 Å². The first-order valence-corrected chi connectivity index (χ1v) is 14.3. The summed E-state index contributed by atoms with van der Waals surface area (Å²) in [5, 5.41) is 3.58. The van der Waals surface area contributed by atoms with E-state index < -0.39 is 0 Å². The Bertz CT molecular complexity index is 998. The van der Waals surface area contributed by atoms with Gasteiger partial charge in [0.15, 0.2) is 0 Å². The largest absolute Gasteiger partial charge is 0.378 e. The number of halogens is 1. The third kappa shape index (κ3) is 9.47. The lowest BCUT2D eigenvalue weighted by atomic mass is 9.93. The van der Waals surface area contributed by atoms with Gasteiger partial charge in [-0.05, 0) is 67.3 Å². The molecular formula is C27H38ClN3O3S2. The zero-order chi connectivity index (χ0) is 27.1. The minimum absolute atomic E-state index is 0.0575. The molecule has 0 bridgehead atoms. The normalized spacial score (nSPS) is 13.4. The van der Waals surface area contributed by atoms with Crippen molar-refractivity contribution in [2.75, 3.05) is 43.6 Å². The molecule has 0 radical (unpaired) electrons. The highest BCUT2D eigenvalue weighted by Gasteiger charge is 2.19. The Balaban J connectivity index is 0.00000154. The number of thiol groups is 1. The third-order valence-electron chi connectivity index (χ3n) is 5.50. The maximum atomic E-state index is 13.0. The van der Waals surface area contributed by atoms with Crippen LogP contribution in [0.2, 0.25) is 5.02 Å². The van der Waals surface area contributed by atoms with E-state index in [9.17, 15) is 9.59 Å². The predicted molar refractivity (Wildman–Crippen MR) is 158 cm³/mol. The van der Waals surface area contributed by atoms with Crippen LogP contribution in [0.25, 0.3) is 0 Å². The number of hydrogen-bond acceptors (Lipinski definition) is 6. The number of nitrogens with one attached hydrogen (secondary N) is 1. The molecule has 1 saturated heterocycles. The number of carbonyl (C=O) groups excluding carboxylic acids is 2. The highest BCUT2D eigenvalue weighted by Crippen LogP contribution is 2.33. The van der Waals surface area contributed by atoms with E-state index in [1.54, 1.807) is 35.4 Å². The number of ether oxygens (including phenoxy) is 1. The number of amides is 2. The average Bonchev–Trinajstić information content (AvgIpc) is 2.93. The summed E-state index contributed by atoms with van der Waals surface area (Å²) in [7, 11) is 0. The summed E-state index contributed by atoms with van der Waals surface area (Å²) >= 11 is 11.1. The minimum Gasteiger partial charge on any atom is -0.378 e. The molecule has 198 valence electrons. The predicted octanol–water partition coefficient (Wildman–Crippen LogP) is 6.96. The van der Waals surface area contributed by atoms with Crippen LogP contribution in [0.15, 0.2) is 46.3 Å². The van der Waals surface area contributed by atoms with E-state index in [1.807, 2.05) is 26.0 Å². The third-order valence-corrected chi connectivity index (χ3v) is 6.77. The van der Waals surface area contributed by atoms with Gasteiger partial charge in [0.25, 0.3) is 5.91 Å². The lowest BCUT2D eigenvalue weighted by Crippen LogP contribution is -2.41. The van der Waals surface area contributed by atoms with Crippen LogP contribution >= 0.6 is 36.0 Å². The fraction of sp³-hybridized carbons (Fsp3) is 0.444. The van der Waals surface area contributed by atoms with Crippen molar-refractivity contribution in [1.29, 1.82) is 0 Å². The summed E-state index contributed by atoms with van der Waals surface area (Å²) in [6.45, 7) is 14.1. The van der Waals surface area contributed by atoms with Crippen molar-refractivity contribution >= 4 is 65.9 Å². The molecule has 1 atom stereocenters. The van der Waals surface area contributed by atoms with Gasteiger partial charge in [0.1, 0.15) is 0 Å². The summed E-state index contributed by atoms with van der Waals surface area (Å²) in [5.41, 5.74) is 2.84. The number of aliphatic imine (C=N–C) groups is 1. The monoisotopic (exact) mass is 551 g/mol. The first kappa shape index (κ1) is 32.0. The molecule has 1 heterocycles. The molecular weight excluding hydrogens is 514 g/mol. The quantitative estimate of drug-likeness (QED) is 0.211. The Kier molecular flexibility index (Phi) is 15.5. The number of hydrogen-bond donors (Lipinski definition) is 2. The summed E-state index contributed by atoms with van der Waals surface area (Å²) in [6, 6.07) is 10.8. The number of benzene rings is 2. The van der Waals surface area contributed by atoms with Crippen molar-refractivity contribution in [2.24, 2.45) is 4.99 Å². The second-order valence-electron chi connectivity index (χ2n) is 7.62. The minimum atomic E-state index is -0.198. The molecule has 3 rings (SSSR count). The van der Waals surface area contributed by atoms with Crippen molar-refractivity contribution in [3.05, 3.63) is 52.5 Å². The molecule has 0 aliphatic carbocycles. The maximum Gasteiger partial charge on any atom is 0.255 e. The zero-order valence-corrected chi connectivity index (χ0v) is 24.3. The lowest BCUT2D eigenvalue weighted by Gasteiger charge is -2.26. The molecule has 1 aliphatic heterocycles. The summed E-state index contributed by atoms with van der Waals surface area (Å²) < 4.78 is 5.30. The van der Waals surface area contributed by atoms with E-state index in [1.165, 1.54) is 11.8 Å². The molecule has 2 amide bonds. The van der Waals surface area contributed by atoms with Gasteiger partial charge in [-0.2, -0.15) is 12.6 Å². The molecule has 2 aromatic carbocycles. The maximum absolute atomic E-state index is 13.0. The van der Waals surface area contributed by atoms with Crippen LogP contribution in [0.1, 0.15) is 56.0 Å². The van der Waals surface area contributed by atoms with Crippen molar-refractivity contribution in [3.8, 4) is 0 Å². The number of morpholine rings is 1. The van der Waals surface area contributed by atoms with Gasteiger partial charge in [-0.3, -0.25) is 14.6 Å². The Morgan fingerprint density at radius 2 is 1.86 bits per heavy atom. The molecule has 9 heteroatoms. The van der Waals surface area contributed by atoms with Gasteiger partial charge in [0, 0.05) is 34.3 Å². The number of nitrogens with zero attached hydrogens (tertiary/aromatic N) is 2. The fourth-order valence-electron chi connectivity index (χ4n) is 3.45. The van der Waals surface area contributed by atoms with Gasteiger partial charge < -0.3 is 15.0 Å². The van der Waals surface area contributed by atoms with E-state index >= 15 is 0 Å². The SMILES string of the molecule is C=Nc1ccc(NC(=O)c2ccc(Cl)cc2C(C)CC)cc1SCC(=O)N1CCOCC1.CC.CS. The van der Waals surface area contributed by atoms with Gasteiger partial charge in [-0.1, -0.05) is 39.3 Å². The average molecular weight is 552 g/mol. The fourth-order valence-corrected chi connectivity index (χ4v) is 4.58. The molecule has 2 aromatic rings. The molecule has 1 fully saturated rings. The van der Waals surface area contributed by atoms with Gasteiger partial charge in [0.2, 0.25) is 5.91 Å². The van der Waals surface area contributed by atoms with Crippen molar-refractivity contribution in [3.63, 3.8) is 0 Å². The Morgan fingerprint density at radius 3 is 2.47 bits per heavy atom. The molecule has 1 aliphatic rings. The summed E-state index contributed by atoms with van der Waals surface area (Å²) in [5.74, 6) is 0.354. The number of carbonyl (C=O) groups is 2. The lowest BCUT2D eigenvalue weighted by molar-refractivity contribution is -0.132. The molecule has 6 nitrogen and oxygen atoms in total. The van der Waals surface area contributed by atoms with E-state index in [4.69, 9.17) is 16.3 Å². The van der Waals surface area contributed by atoms with Crippen molar-refractivity contribution < 1.29 is 14.3 Å². The Morgan fingerprint density at radius 1 is 1.19 bits per heavy atom. The first-order valence-electron chi connectivity index (χ1n) is 12.1. The van der Waals surface area contributed by atoms with Gasteiger partial charge in [-0.15, -0.1) is 11.8 Å². The van der Waals surface area contributed by atoms with Crippen molar-refractivity contribution in [1.82, 2.24) is 4.90 Å². The van der Waals surface area contributed by atoms with Crippen LogP contribution in [0, 0.1) is 0 Å². The van der Waals surface area contributed by atoms with E-state index in [0.717, 1.165) is 16.9 Å². The van der Waals surface area contributed by atoms with E-state index in [-0.39, 0.29) is 23.5 Å². The van der Waals surface area contributed by atoms with Gasteiger partial charge in [-0.25, -0.2) is 0 Å². The number of anilines is 1. The standard InChI is InChI=1S/C24H28ClN3O3S.C2H6.CH4S/c1-4-16(2)20-13-17(25)5-7-19(20)24(30)27-18-6-8-21(26-3)22(14-18)32-15-23(29)28-9-11-31-12-10-28;2*1-2/h5-8,13-14,16H,3-4,9-12,15H2,1-2H3,(H,27,30);1-2H3;2H,1H3. The first-order chi connectivity index (χ1) is 17.4. The van der Waals surface area contributed by atoms with Gasteiger partial charge >= 0.3 is 0 Å². The molecule has 0 spiro atoms. The topological polar surface area (TPSA) is 71.0 Å². The zero-order valence-electron chi connectivity index (χ0n) is 21.8. The van der Waals surface area contributed by atoms with Crippen LogP contribution in [-0.4, -0.2) is 61.7 Å². The molecule has 36 heavy (non-hydrogen) atoms. The number of rotatable bonds is 8. The van der Waals surface area contributed by atoms with Crippen LogP contribution < -0.4 is 5.32 Å². The highest BCUT2D eigenvalue weighted by molar-refractivity contribution is 8.00. The Labute approximate surface area is 230 Å². The molecule has 1 unspecified atom stereocenters. The summed E-state index contributed by atoms with van der Waals surface area (Å²) in [6.07, 6.45) is 2.60. The van der Waals surface area contributed by atoms with Crippen molar-refractivity contribution in [2.45, 2.75) is 44.9 Å². The van der Waals surface area contributed by atoms with Crippen LogP contribution in [0.3, 0.4) is 0 Å². The molecule has 0 aromatic heterocycles. The smallest absolute Gasteiger partial charge is 0.255 e. The second-order valence-corrected chi connectivity index (χ2v) is 9.07. The van der Waals surface area contributed by atoms with Crippen LogP contribution in [0.4, 0.5) is 11.4 Å². The highest BCUT2D eigenvalue weighted by atomic mass is 35.5. The van der Waals surface area contributed by atoms with Crippen LogP contribution in [-0.2, 0) is 9.53 Å². The number of thioether (sulfide) groups is 1. The van der Waals surface area contributed by atoms with Gasteiger partial charge in [0.05, 0.1) is 24.7 Å².